The summed E-state index contributed by atoms with van der Waals surface area (Å²) in [6.07, 6.45) is 3.82. The molecular formula is C20H20N2O. The third kappa shape index (κ3) is 2.33. The first-order chi connectivity index (χ1) is 11.1. The molecule has 116 valence electrons. The lowest BCUT2D eigenvalue weighted by Gasteiger charge is -2.16. The number of aryl methyl sites for hydroxylation is 2. The average molecular weight is 304 g/mol. The Balaban J connectivity index is 1.67. The number of fused-ring (bicyclic) bond motifs is 1. The van der Waals surface area contributed by atoms with Crippen molar-refractivity contribution in [3.05, 3.63) is 65.4 Å². The normalized spacial score (nSPS) is 15.6. The third-order valence-corrected chi connectivity index (χ3v) is 4.77. The Kier molecular flexibility index (Phi) is 3.05. The van der Waals surface area contributed by atoms with Gasteiger partial charge in [0.1, 0.15) is 0 Å². The second-order valence-electron chi connectivity index (χ2n) is 6.66. The van der Waals surface area contributed by atoms with E-state index in [9.17, 15) is 4.79 Å². The molecule has 2 N–H and O–H groups in total. The van der Waals surface area contributed by atoms with Crippen molar-refractivity contribution in [2.45, 2.75) is 32.1 Å². The van der Waals surface area contributed by atoms with Crippen molar-refractivity contribution < 1.29 is 4.79 Å². The van der Waals surface area contributed by atoms with Crippen molar-refractivity contribution in [3.63, 3.8) is 0 Å². The van der Waals surface area contributed by atoms with Crippen molar-refractivity contribution in [2.75, 3.05) is 5.32 Å². The van der Waals surface area contributed by atoms with Crippen molar-refractivity contribution in [2.24, 2.45) is 0 Å². The van der Waals surface area contributed by atoms with E-state index in [1.807, 2.05) is 30.5 Å². The maximum Gasteiger partial charge on any atom is 0.235 e. The molecule has 0 aliphatic heterocycles. The quantitative estimate of drug-likeness (QED) is 0.737. The van der Waals surface area contributed by atoms with E-state index in [2.05, 4.69) is 42.3 Å². The molecule has 0 atom stereocenters. The molecule has 3 aromatic rings. The van der Waals surface area contributed by atoms with Crippen LogP contribution in [0.4, 0.5) is 5.69 Å². The number of nitrogens with one attached hydrogen (secondary N) is 2. The van der Waals surface area contributed by atoms with E-state index in [-0.39, 0.29) is 11.3 Å². The van der Waals surface area contributed by atoms with Crippen LogP contribution < -0.4 is 5.32 Å². The van der Waals surface area contributed by atoms with Gasteiger partial charge >= 0.3 is 0 Å². The number of amides is 1. The first-order valence-corrected chi connectivity index (χ1v) is 8.05. The monoisotopic (exact) mass is 304 g/mol. The molecule has 0 radical (unpaired) electrons. The highest BCUT2D eigenvalue weighted by Crippen LogP contribution is 2.51. The van der Waals surface area contributed by atoms with E-state index in [0.29, 0.717) is 0 Å². The van der Waals surface area contributed by atoms with Gasteiger partial charge in [-0.15, -0.1) is 0 Å². The smallest absolute Gasteiger partial charge is 0.235 e. The van der Waals surface area contributed by atoms with Gasteiger partial charge in [-0.25, -0.2) is 0 Å². The van der Waals surface area contributed by atoms with E-state index >= 15 is 0 Å². The number of carbonyl (C=O) groups is 1. The summed E-state index contributed by atoms with van der Waals surface area (Å²) in [5.74, 6) is 0.104. The number of para-hydroxylation sites is 1. The molecule has 3 nitrogen and oxygen atoms in total. The average Bonchev–Trinajstić information content (AvgIpc) is 3.20. The van der Waals surface area contributed by atoms with Gasteiger partial charge in [0.05, 0.1) is 5.41 Å². The summed E-state index contributed by atoms with van der Waals surface area (Å²) >= 11 is 0. The summed E-state index contributed by atoms with van der Waals surface area (Å²) in [4.78, 5) is 16.2. The van der Waals surface area contributed by atoms with Crippen LogP contribution in [0.15, 0.2) is 48.7 Å². The van der Waals surface area contributed by atoms with Crippen LogP contribution in [0.5, 0.6) is 0 Å². The molecule has 1 heterocycles. The van der Waals surface area contributed by atoms with Crippen LogP contribution in [0.1, 0.15) is 29.5 Å². The lowest BCUT2D eigenvalue weighted by molar-refractivity contribution is -0.118. The molecular weight excluding hydrogens is 284 g/mol. The summed E-state index contributed by atoms with van der Waals surface area (Å²) in [6.45, 7) is 4.10. The minimum absolute atomic E-state index is 0.104. The fourth-order valence-corrected chi connectivity index (χ4v) is 3.51. The van der Waals surface area contributed by atoms with E-state index < -0.39 is 0 Å². The molecule has 1 aliphatic carbocycles. The molecule has 4 rings (SSSR count). The zero-order valence-electron chi connectivity index (χ0n) is 13.4. The molecule has 1 aliphatic rings. The number of carbonyl (C=O) groups excluding carboxylic acids is 1. The van der Waals surface area contributed by atoms with Crippen LogP contribution in [0.3, 0.4) is 0 Å². The maximum atomic E-state index is 12.9. The van der Waals surface area contributed by atoms with Crippen molar-refractivity contribution in [1.82, 2.24) is 4.98 Å². The van der Waals surface area contributed by atoms with Gasteiger partial charge in [-0.2, -0.15) is 0 Å². The summed E-state index contributed by atoms with van der Waals surface area (Å²) < 4.78 is 0. The Morgan fingerprint density at radius 2 is 1.78 bits per heavy atom. The molecule has 1 aromatic heterocycles. The van der Waals surface area contributed by atoms with Gasteiger partial charge in [0.25, 0.3) is 0 Å². The number of aromatic nitrogens is 1. The van der Waals surface area contributed by atoms with Crippen molar-refractivity contribution in [3.8, 4) is 0 Å². The van der Waals surface area contributed by atoms with Crippen molar-refractivity contribution in [1.29, 1.82) is 0 Å². The number of aromatic amines is 1. The Morgan fingerprint density at radius 3 is 2.48 bits per heavy atom. The molecule has 2 aromatic carbocycles. The Hall–Kier alpha value is -2.55. The minimum Gasteiger partial charge on any atom is -0.361 e. The second kappa shape index (κ2) is 4.98. The Morgan fingerprint density at radius 1 is 1.09 bits per heavy atom. The molecule has 0 saturated heterocycles. The van der Waals surface area contributed by atoms with E-state index in [4.69, 9.17) is 0 Å². The maximum absolute atomic E-state index is 12.9. The summed E-state index contributed by atoms with van der Waals surface area (Å²) in [6, 6.07) is 14.3. The molecule has 3 heteroatoms. The lowest BCUT2D eigenvalue weighted by Crippen LogP contribution is -2.27. The molecule has 1 fully saturated rings. The van der Waals surface area contributed by atoms with Crippen LogP contribution in [0.2, 0.25) is 0 Å². The van der Waals surface area contributed by atoms with Crippen LogP contribution in [-0.2, 0) is 10.2 Å². The second-order valence-corrected chi connectivity index (χ2v) is 6.66. The van der Waals surface area contributed by atoms with Gasteiger partial charge in [0, 0.05) is 22.8 Å². The number of benzene rings is 2. The van der Waals surface area contributed by atoms with Crippen LogP contribution >= 0.6 is 0 Å². The van der Waals surface area contributed by atoms with Crippen LogP contribution in [0, 0.1) is 13.8 Å². The summed E-state index contributed by atoms with van der Waals surface area (Å²) in [7, 11) is 0. The standard InChI is InChI=1S/C20H20N2O/c1-13-9-14(2)11-15(10-13)22-19(23)20(7-8-20)17-12-21-18-6-4-3-5-16(17)18/h3-6,9-12,21H,7-8H2,1-2H3,(H,22,23). The zero-order valence-corrected chi connectivity index (χ0v) is 13.4. The highest BCUT2D eigenvalue weighted by atomic mass is 16.2. The molecule has 23 heavy (non-hydrogen) atoms. The van der Waals surface area contributed by atoms with Crippen molar-refractivity contribution >= 4 is 22.5 Å². The molecule has 1 amide bonds. The van der Waals surface area contributed by atoms with Gasteiger partial charge in [0.2, 0.25) is 5.91 Å². The SMILES string of the molecule is Cc1cc(C)cc(NC(=O)C2(c3c[nH]c4ccccc34)CC2)c1. The number of hydrogen-bond acceptors (Lipinski definition) is 1. The highest BCUT2D eigenvalue weighted by Gasteiger charge is 2.52. The van der Waals surface area contributed by atoms with Gasteiger partial charge in [-0.05, 0) is 61.6 Å². The molecule has 1 saturated carbocycles. The topological polar surface area (TPSA) is 44.9 Å². The predicted octanol–water partition coefficient (Wildman–Crippen LogP) is 4.46. The van der Waals surface area contributed by atoms with Crippen LogP contribution in [-0.4, -0.2) is 10.9 Å². The minimum atomic E-state index is -0.378. The lowest BCUT2D eigenvalue weighted by atomic mass is 9.94. The molecule has 0 spiro atoms. The number of anilines is 1. The highest BCUT2D eigenvalue weighted by molar-refractivity contribution is 6.04. The van der Waals surface area contributed by atoms with E-state index in [0.717, 1.165) is 46.1 Å². The summed E-state index contributed by atoms with van der Waals surface area (Å²) in [5.41, 5.74) is 5.05. The van der Waals surface area contributed by atoms with E-state index in [1.54, 1.807) is 0 Å². The number of hydrogen-bond donors (Lipinski definition) is 2. The first kappa shape index (κ1) is 14.1. The van der Waals surface area contributed by atoms with Gasteiger partial charge in [-0.1, -0.05) is 24.3 Å². The largest absolute Gasteiger partial charge is 0.361 e. The Labute approximate surface area is 135 Å². The first-order valence-electron chi connectivity index (χ1n) is 8.05. The number of H-pyrrole nitrogens is 1. The van der Waals surface area contributed by atoms with Gasteiger partial charge in [0.15, 0.2) is 0 Å². The zero-order chi connectivity index (χ0) is 16.0. The summed E-state index contributed by atoms with van der Waals surface area (Å²) in [5, 5.41) is 4.28. The van der Waals surface area contributed by atoms with E-state index in [1.165, 1.54) is 0 Å². The van der Waals surface area contributed by atoms with Crippen LogP contribution in [0.25, 0.3) is 10.9 Å². The molecule has 0 bridgehead atoms. The third-order valence-electron chi connectivity index (χ3n) is 4.77. The molecule has 0 unspecified atom stereocenters. The number of rotatable bonds is 3. The van der Waals surface area contributed by atoms with Gasteiger partial charge in [-0.3, -0.25) is 4.79 Å². The predicted molar refractivity (Wildman–Crippen MR) is 93.8 cm³/mol. The van der Waals surface area contributed by atoms with Gasteiger partial charge < -0.3 is 10.3 Å². The Bertz CT molecular complexity index is 883. The fraction of sp³-hybridized carbons (Fsp3) is 0.250. The fourth-order valence-electron chi connectivity index (χ4n) is 3.51.